The molecule has 2 N–H and O–H groups in total. The van der Waals surface area contributed by atoms with Crippen LogP contribution in [-0.4, -0.2) is 76.9 Å². The van der Waals surface area contributed by atoms with Gasteiger partial charge in [-0.15, -0.1) is 0 Å². The first-order valence-corrected chi connectivity index (χ1v) is 22.8. The van der Waals surface area contributed by atoms with E-state index in [1.807, 2.05) is 6.92 Å². The number of aliphatic carboxylic acids is 1. The number of alkyl halides is 6. The zero-order valence-corrected chi connectivity index (χ0v) is 40.6. The third kappa shape index (κ3) is 15.0. The van der Waals surface area contributed by atoms with Gasteiger partial charge < -0.3 is 39.2 Å². The number of halogens is 6. The first kappa shape index (κ1) is 55.9. The number of carbonyl (C=O) groups excluding carboxylic acids is 3. The third-order valence-corrected chi connectivity index (χ3v) is 11.5. The highest BCUT2D eigenvalue weighted by Crippen LogP contribution is 2.36. The summed E-state index contributed by atoms with van der Waals surface area (Å²) in [5.74, 6) is -3.89. The van der Waals surface area contributed by atoms with E-state index in [0.29, 0.717) is 69.6 Å². The average Bonchev–Trinajstić information content (AvgIpc) is 3.38. The highest BCUT2D eigenvalue weighted by Gasteiger charge is 2.36. The van der Waals surface area contributed by atoms with Crippen LogP contribution < -0.4 is 34.1 Å². The van der Waals surface area contributed by atoms with Crippen LogP contribution in [0.4, 0.5) is 37.7 Å². The van der Waals surface area contributed by atoms with Gasteiger partial charge in [0.15, 0.2) is 28.9 Å². The van der Waals surface area contributed by atoms with Crippen molar-refractivity contribution in [2.24, 2.45) is 0 Å². The molecule has 0 spiro atoms. The summed E-state index contributed by atoms with van der Waals surface area (Å²) in [6.45, 7) is 2.47. The van der Waals surface area contributed by atoms with Crippen molar-refractivity contribution in [2.45, 2.75) is 50.4 Å². The van der Waals surface area contributed by atoms with Crippen molar-refractivity contribution < 1.29 is 69.6 Å². The van der Waals surface area contributed by atoms with Gasteiger partial charge in [0.05, 0.1) is 39.6 Å². The smallest absolute Gasteiger partial charge is 0.416 e. The van der Waals surface area contributed by atoms with Crippen LogP contribution in [-0.2, 0) is 44.4 Å². The second kappa shape index (κ2) is 25.9. The monoisotopic (exact) mass is 1020 g/mol. The molecule has 386 valence electrons. The van der Waals surface area contributed by atoms with Crippen LogP contribution in [0.2, 0.25) is 0 Å². The predicted octanol–water partition coefficient (Wildman–Crippen LogP) is 10.8. The van der Waals surface area contributed by atoms with Crippen molar-refractivity contribution in [1.82, 2.24) is 5.32 Å². The highest BCUT2D eigenvalue weighted by molar-refractivity contribution is 6.12. The number of benzene rings is 6. The van der Waals surface area contributed by atoms with Gasteiger partial charge >= 0.3 is 18.3 Å². The zero-order chi connectivity index (χ0) is 53.3. The number of hydrogen-bond donors (Lipinski definition) is 2. The largest absolute Gasteiger partial charge is 0.493 e. The number of rotatable bonds is 20. The molecule has 3 amide bonds. The summed E-state index contributed by atoms with van der Waals surface area (Å²) in [6, 6.07) is 36.0. The summed E-state index contributed by atoms with van der Waals surface area (Å²) in [5, 5.41) is 12.7. The van der Waals surface area contributed by atoms with Crippen molar-refractivity contribution in [1.29, 1.82) is 0 Å². The molecule has 2 atom stereocenters. The zero-order valence-electron chi connectivity index (χ0n) is 40.6. The van der Waals surface area contributed by atoms with E-state index >= 15 is 0 Å². The lowest BCUT2D eigenvalue weighted by atomic mass is 9.95. The van der Waals surface area contributed by atoms with Gasteiger partial charge in [0.1, 0.15) is 5.92 Å². The van der Waals surface area contributed by atoms with Crippen LogP contribution in [0.25, 0.3) is 0 Å². The molecule has 0 saturated heterocycles. The number of carbonyl (C=O) groups is 4. The lowest BCUT2D eigenvalue weighted by Gasteiger charge is -2.28. The van der Waals surface area contributed by atoms with Gasteiger partial charge in [0.2, 0.25) is 17.7 Å². The normalized spacial score (nSPS) is 12.0. The van der Waals surface area contributed by atoms with Crippen molar-refractivity contribution in [3.8, 4) is 23.0 Å². The Labute approximate surface area is 419 Å². The molecule has 0 aromatic heterocycles. The Kier molecular flexibility index (Phi) is 19.8. The van der Waals surface area contributed by atoms with Gasteiger partial charge in [0.25, 0.3) is 0 Å². The molecule has 0 radical (unpaired) electrons. The molecule has 6 rings (SSSR count). The minimum Gasteiger partial charge on any atom is -0.493 e. The number of ether oxygens (including phenoxy) is 4. The van der Waals surface area contributed by atoms with E-state index in [4.69, 9.17) is 18.9 Å². The fourth-order valence-corrected chi connectivity index (χ4v) is 7.67. The second-order valence-corrected chi connectivity index (χ2v) is 16.3. The molecule has 0 heterocycles. The first-order chi connectivity index (χ1) is 34.8. The summed E-state index contributed by atoms with van der Waals surface area (Å²) in [4.78, 5) is 55.7. The Morgan fingerprint density at radius 3 is 1.23 bits per heavy atom. The maximum absolute atomic E-state index is 14.1. The van der Waals surface area contributed by atoms with E-state index in [1.165, 1.54) is 62.5 Å². The topological polar surface area (TPSA) is 144 Å². The molecule has 2 unspecified atom stereocenters. The van der Waals surface area contributed by atoms with E-state index in [2.05, 4.69) is 5.32 Å². The van der Waals surface area contributed by atoms with Gasteiger partial charge in [-0.3, -0.25) is 19.2 Å². The lowest BCUT2D eigenvalue weighted by molar-refractivity contribution is -0.143. The van der Waals surface area contributed by atoms with Crippen LogP contribution >= 0.6 is 0 Å². The van der Waals surface area contributed by atoms with Gasteiger partial charge in [0, 0.05) is 43.1 Å². The number of methoxy groups -OCH3 is 4. The van der Waals surface area contributed by atoms with Crippen molar-refractivity contribution in [3.63, 3.8) is 0 Å². The summed E-state index contributed by atoms with van der Waals surface area (Å²) in [5.41, 5.74) is 1.32. The molecule has 0 saturated carbocycles. The maximum atomic E-state index is 14.1. The molecule has 0 bridgehead atoms. The van der Waals surface area contributed by atoms with Crippen molar-refractivity contribution in [3.05, 3.63) is 179 Å². The van der Waals surface area contributed by atoms with Crippen LogP contribution in [0.5, 0.6) is 23.0 Å². The molecule has 0 fully saturated rings. The minimum atomic E-state index is -4.45. The number of amides is 3. The molecule has 0 aliphatic heterocycles. The number of nitrogens with zero attached hydrogens (tertiary/aromatic N) is 2. The molecule has 0 aliphatic rings. The minimum absolute atomic E-state index is 0.0241. The van der Waals surface area contributed by atoms with Crippen LogP contribution in [0.15, 0.2) is 146 Å². The fourth-order valence-electron chi connectivity index (χ4n) is 7.67. The average molecular weight is 1020 g/mol. The van der Waals surface area contributed by atoms with Crippen molar-refractivity contribution >= 4 is 35.1 Å². The molecule has 6 aromatic rings. The summed E-state index contributed by atoms with van der Waals surface area (Å²) < 4.78 is 98.9. The van der Waals surface area contributed by atoms with E-state index in [-0.39, 0.29) is 25.9 Å². The Balaban J connectivity index is 0.000000272. The Hall–Kier alpha value is -8.02. The van der Waals surface area contributed by atoms with Gasteiger partial charge in [-0.05, 0) is 90.0 Å². The summed E-state index contributed by atoms with van der Waals surface area (Å²) in [7, 11) is 5.86. The Morgan fingerprint density at radius 2 is 0.890 bits per heavy atom. The number of hydrogen-bond acceptors (Lipinski definition) is 8. The lowest BCUT2D eigenvalue weighted by Crippen LogP contribution is -2.43. The van der Waals surface area contributed by atoms with Gasteiger partial charge in [-0.25, -0.2) is 0 Å². The number of carboxylic acid groups (broad SMARTS) is 1. The number of anilines is 2. The van der Waals surface area contributed by atoms with E-state index in [1.54, 1.807) is 97.1 Å². The van der Waals surface area contributed by atoms with Crippen LogP contribution in [0.1, 0.15) is 58.6 Å². The SMILES string of the molecule is CCCNC(=O)C(C(=O)N(CCc1ccc(C(F)(F)F)cc1)c1ccc(OC)c(OC)c1)c1ccccc1.COc1ccc(N(CCc2ccc(C(F)(F)F)cc2)C(=O)C(C(=O)O)c2ccccc2)cc1OC. The fraction of sp³-hybridized carbons (Fsp3) is 0.273. The summed E-state index contributed by atoms with van der Waals surface area (Å²) >= 11 is 0. The molecule has 6 aromatic carbocycles. The first-order valence-electron chi connectivity index (χ1n) is 22.8. The van der Waals surface area contributed by atoms with E-state index in [0.717, 1.165) is 24.3 Å². The van der Waals surface area contributed by atoms with Gasteiger partial charge in [-0.1, -0.05) is 91.9 Å². The standard InChI is InChI=1S/C29H31F3N2O4.C26H24F3NO5/c1-4-17-33-27(35)26(21-8-6-5-7-9-21)28(36)34(23-14-15-24(37-2)25(19-23)38-3)18-16-20-10-12-22(13-11-20)29(30,31)32;1-34-21-13-12-20(16-22(21)35-2)30(15-14-17-8-10-19(11-9-17)26(27,28)29)24(31)23(25(32)33)18-6-4-3-5-7-18/h5-15,19,26H,4,16-18H2,1-3H3,(H,33,35);3-13,16,23H,14-15H2,1-2H3,(H,32,33). The van der Waals surface area contributed by atoms with E-state index in [9.17, 15) is 50.6 Å². The second-order valence-electron chi connectivity index (χ2n) is 16.3. The Morgan fingerprint density at radius 1 is 0.521 bits per heavy atom. The van der Waals surface area contributed by atoms with Gasteiger partial charge in [-0.2, -0.15) is 26.3 Å². The molecule has 73 heavy (non-hydrogen) atoms. The van der Waals surface area contributed by atoms with Crippen LogP contribution in [0, 0.1) is 0 Å². The highest BCUT2D eigenvalue weighted by atomic mass is 19.4. The number of carboxylic acids is 1. The predicted molar refractivity (Wildman–Crippen MR) is 263 cm³/mol. The molecule has 18 heteroatoms. The van der Waals surface area contributed by atoms with E-state index < -0.39 is 59.0 Å². The molecule has 12 nitrogen and oxygen atoms in total. The molecular weight excluding hydrogens is 961 g/mol. The molecule has 0 aliphatic carbocycles. The quantitative estimate of drug-likeness (QED) is 0.0564. The number of nitrogens with one attached hydrogen (secondary N) is 1. The maximum Gasteiger partial charge on any atom is 0.416 e. The third-order valence-electron chi connectivity index (χ3n) is 11.5. The van der Waals surface area contributed by atoms with Crippen LogP contribution in [0.3, 0.4) is 0 Å². The molecular formula is C55H55F6N3O9. The van der Waals surface area contributed by atoms with Crippen molar-refractivity contribution in [2.75, 3.05) is 57.9 Å². The summed E-state index contributed by atoms with van der Waals surface area (Å²) in [6.07, 6.45) is -7.73. The Bertz CT molecular complexity index is 2760.